The van der Waals surface area contributed by atoms with E-state index in [4.69, 9.17) is 5.73 Å². The van der Waals surface area contributed by atoms with Crippen molar-refractivity contribution in [2.75, 3.05) is 23.8 Å². The average molecular weight is 275 g/mol. The molecule has 3 rings (SSSR count). The summed E-state index contributed by atoms with van der Waals surface area (Å²) in [6.07, 6.45) is 5.99. The molecule has 106 valence electrons. The molecule has 20 heavy (non-hydrogen) atoms. The fourth-order valence-electron chi connectivity index (χ4n) is 2.53. The summed E-state index contributed by atoms with van der Waals surface area (Å²) < 4.78 is 1.68. The van der Waals surface area contributed by atoms with E-state index in [2.05, 4.69) is 26.9 Å². The highest BCUT2D eigenvalue weighted by Gasteiger charge is 2.32. The monoisotopic (exact) mass is 275 g/mol. The van der Waals surface area contributed by atoms with Gasteiger partial charge in [0.1, 0.15) is 6.33 Å². The number of nitrogen functional groups attached to an aromatic ring is 1. The third-order valence-corrected chi connectivity index (χ3v) is 3.69. The van der Waals surface area contributed by atoms with Gasteiger partial charge >= 0.3 is 0 Å². The Kier molecular flexibility index (Phi) is 3.23. The Balaban J connectivity index is 1.98. The molecular weight excluding hydrogens is 258 g/mol. The van der Waals surface area contributed by atoms with E-state index in [9.17, 15) is 5.11 Å². The summed E-state index contributed by atoms with van der Waals surface area (Å²) in [6, 6.07) is 0.0208. The summed E-state index contributed by atoms with van der Waals surface area (Å²) in [7, 11) is 0. The first-order valence-electron chi connectivity index (χ1n) is 6.56. The summed E-state index contributed by atoms with van der Waals surface area (Å²) in [5.74, 6) is 1.50. The molecule has 1 saturated heterocycles. The molecule has 2 atom stereocenters. The van der Waals surface area contributed by atoms with Crippen LogP contribution in [0, 0.1) is 5.92 Å². The van der Waals surface area contributed by atoms with Crippen LogP contribution in [-0.2, 0) is 0 Å². The van der Waals surface area contributed by atoms with Crippen molar-refractivity contribution in [3.8, 4) is 5.95 Å². The molecule has 0 radical (unpaired) electrons. The number of aliphatic hydroxyl groups excluding tert-OH is 1. The van der Waals surface area contributed by atoms with Gasteiger partial charge in [-0.25, -0.2) is 4.98 Å². The first-order valence-corrected chi connectivity index (χ1v) is 6.56. The van der Waals surface area contributed by atoms with Crippen molar-refractivity contribution in [3.63, 3.8) is 0 Å². The van der Waals surface area contributed by atoms with E-state index in [0.29, 0.717) is 17.8 Å². The predicted octanol–water partition coefficient (Wildman–Crippen LogP) is -0.153. The van der Waals surface area contributed by atoms with Crippen LogP contribution in [0.5, 0.6) is 0 Å². The lowest BCUT2D eigenvalue weighted by Crippen LogP contribution is -2.36. The molecule has 0 saturated carbocycles. The molecule has 3 N–H and O–H groups in total. The highest BCUT2D eigenvalue weighted by Crippen LogP contribution is 2.27. The Bertz CT molecular complexity index is 585. The first-order chi connectivity index (χ1) is 9.69. The van der Waals surface area contributed by atoms with E-state index >= 15 is 0 Å². The second-order valence-electron chi connectivity index (χ2n) is 4.97. The van der Waals surface area contributed by atoms with Crippen LogP contribution in [0.4, 0.5) is 11.9 Å². The Hall–Kier alpha value is -2.22. The molecule has 0 aromatic carbocycles. The summed E-state index contributed by atoms with van der Waals surface area (Å²) in [4.78, 5) is 18.7. The fourth-order valence-corrected chi connectivity index (χ4v) is 2.53. The van der Waals surface area contributed by atoms with Crippen molar-refractivity contribution < 1.29 is 5.11 Å². The van der Waals surface area contributed by atoms with Gasteiger partial charge in [0.05, 0.1) is 12.6 Å². The van der Waals surface area contributed by atoms with Gasteiger partial charge in [0.15, 0.2) is 0 Å². The van der Waals surface area contributed by atoms with Gasteiger partial charge in [-0.05, 0) is 12.3 Å². The lowest BCUT2D eigenvalue weighted by Gasteiger charge is -2.25. The van der Waals surface area contributed by atoms with E-state index in [1.54, 1.807) is 23.3 Å². The number of hydrogen-bond donors (Lipinski definition) is 2. The molecule has 1 aliphatic heterocycles. The Morgan fingerprint density at radius 3 is 2.85 bits per heavy atom. The topological polar surface area (TPSA) is 106 Å². The van der Waals surface area contributed by atoms with E-state index in [0.717, 1.165) is 13.0 Å². The van der Waals surface area contributed by atoms with Crippen molar-refractivity contribution in [3.05, 3.63) is 18.7 Å². The summed E-state index contributed by atoms with van der Waals surface area (Å²) in [5.41, 5.74) is 5.77. The van der Waals surface area contributed by atoms with E-state index < -0.39 is 0 Å². The first kappa shape index (κ1) is 12.8. The molecule has 8 nitrogen and oxygen atoms in total. The lowest BCUT2D eigenvalue weighted by atomic mass is 10.0. The molecule has 1 aliphatic rings. The van der Waals surface area contributed by atoms with E-state index in [1.165, 1.54) is 0 Å². The zero-order chi connectivity index (χ0) is 14.1. The van der Waals surface area contributed by atoms with Gasteiger partial charge in [0.2, 0.25) is 17.8 Å². The van der Waals surface area contributed by atoms with Crippen LogP contribution in [0.15, 0.2) is 18.7 Å². The normalized spacial score (nSPS) is 22.4. The number of hydrogen-bond acceptors (Lipinski definition) is 7. The van der Waals surface area contributed by atoms with Crippen LogP contribution in [-0.4, -0.2) is 48.8 Å². The summed E-state index contributed by atoms with van der Waals surface area (Å²) in [5, 5.41) is 9.53. The quantitative estimate of drug-likeness (QED) is 0.802. The minimum absolute atomic E-state index is 0.0208. The zero-order valence-corrected chi connectivity index (χ0v) is 11.2. The number of aliphatic hydroxyl groups is 1. The van der Waals surface area contributed by atoms with Gasteiger partial charge in [-0.15, -0.1) is 0 Å². The van der Waals surface area contributed by atoms with Gasteiger partial charge in [-0.1, -0.05) is 6.92 Å². The number of nitrogens with two attached hydrogens (primary N) is 1. The van der Waals surface area contributed by atoms with Gasteiger partial charge in [-0.2, -0.15) is 15.0 Å². The van der Waals surface area contributed by atoms with Crippen LogP contribution in [0.3, 0.4) is 0 Å². The standard InChI is InChI=1S/C12H17N7O/c1-8-2-4-19(9(8)6-20)12-16-10(13)15-11(17-12)18-5-3-14-7-18/h3,5,7-9,20H,2,4,6H2,1H3,(H2,13,15,16,17). The minimum atomic E-state index is 0.0208. The molecule has 0 spiro atoms. The number of imidazole rings is 1. The minimum Gasteiger partial charge on any atom is -0.394 e. The molecule has 0 amide bonds. The molecule has 2 unspecified atom stereocenters. The number of nitrogens with zero attached hydrogens (tertiary/aromatic N) is 6. The second-order valence-corrected chi connectivity index (χ2v) is 4.97. The largest absolute Gasteiger partial charge is 0.394 e. The number of anilines is 2. The second kappa shape index (κ2) is 5.04. The Labute approximate surface area is 116 Å². The summed E-state index contributed by atoms with van der Waals surface area (Å²) >= 11 is 0. The fraction of sp³-hybridized carbons (Fsp3) is 0.500. The van der Waals surface area contributed by atoms with Crippen LogP contribution >= 0.6 is 0 Å². The van der Waals surface area contributed by atoms with Crippen LogP contribution < -0.4 is 10.6 Å². The molecule has 3 heterocycles. The van der Waals surface area contributed by atoms with Crippen LogP contribution in [0.2, 0.25) is 0 Å². The maximum absolute atomic E-state index is 9.53. The van der Waals surface area contributed by atoms with Gasteiger partial charge in [0.25, 0.3) is 0 Å². The molecule has 2 aromatic heterocycles. The van der Waals surface area contributed by atoms with Crippen molar-refractivity contribution in [2.45, 2.75) is 19.4 Å². The zero-order valence-electron chi connectivity index (χ0n) is 11.2. The van der Waals surface area contributed by atoms with Gasteiger partial charge in [0, 0.05) is 18.9 Å². The van der Waals surface area contributed by atoms with E-state index in [-0.39, 0.29) is 18.6 Å². The third kappa shape index (κ3) is 2.18. The molecule has 2 aromatic rings. The predicted molar refractivity (Wildman–Crippen MR) is 73.4 cm³/mol. The molecule has 0 aliphatic carbocycles. The van der Waals surface area contributed by atoms with Gasteiger partial charge < -0.3 is 15.7 Å². The Morgan fingerprint density at radius 1 is 1.35 bits per heavy atom. The number of aromatic nitrogens is 5. The van der Waals surface area contributed by atoms with Crippen LogP contribution in [0.1, 0.15) is 13.3 Å². The number of rotatable bonds is 3. The van der Waals surface area contributed by atoms with E-state index in [1.807, 2.05) is 4.90 Å². The lowest BCUT2D eigenvalue weighted by molar-refractivity contribution is 0.244. The van der Waals surface area contributed by atoms with Crippen molar-refractivity contribution in [1.29, 1.82) is 0 Å². The highest BCUT2D eigenvalue weighted by atomic mass is 16.3. The van der Waals surface area contributed by atoms with Crippen molar-refractivity contribution in [2.24, 2.45) is 5.92 Å². The van der Waals surface area contributed by atoms with Crippen molar-refractivity contribution >= 4 is 11.9 Å². The molecule has 1 fully saturated rings. The molecule has 8 heteroatoms. The van der Waals surface area contributed by atoms with Crippen molar-refractivity contribution in [1.82, 2.24) is 24.5 Å². The van der Waals surface area contributed by atoms with Crippen LogP contribution in [0.25, 0.3) is 5.95 Å². The summed E-state index contributed by atoms with van der Waals surface area (Å²) in [6.45, 7) is 2.99. The molecule has 0 bridgehead atoms. The smallest absolute Gasteiger partial charge is 0.241 e. The maximum atomic E-state index is 9.53. The average Bonchev–Trinajstić information content (AvgIpc) is 3.06. The maximum Gasteiger partial charge on any atom is 0.241 e. The Morgan fingerprint density at radius 2 is 2.15 bits per heavy atom. The SMILES string of the molecule is CC1CCN(c2nc(N)nc(-n3ccnc3)n2)C1CO. The van der Waals surface area contributed by atoms with Gasteiger partial charge in [-0.3, -0.25) is 4.57 Å². The highest BCUT2D eigenvalue weighted by molar-refractivity contribution is 5.40. The molecular formula is C12H17N7O. The third-order valence-electron chi connectivity index (χ3n) is 3.69.